The van der Waals surface area contributed by atoms with E-state index >= 15 is 0 Å². The molecule has 0 radical (unpaired) electrons. The Labute approximate surface area is 75.3 Å². The summed E-state index contributed by atoms with van der Waals surface area (Å²) in [4.78, 5) is 17.6. The first kappa shape index (κ1) is 10.1. The first-order chi connectivity index (χ1) is 5.95. The maximum absolute atomic E-state index is 10.8. The predicted molar refractivity (Wildman–Crippen MR) is 49.1 cm³/mol. The van der Waals surface area contributed by atoms with Crippen molar-refractivity contribution in [2.45, 2.75) is 0 Å². The summed E-state index contributed by atoms with van der Waals surface area (Å²) < 4.78 is 15.6. The summed E-state index contributed by atoms with van der Waals surface area (Å²) in [5.74, 6) is 0.400. The zero-order chi connectivity index (χ0) is 10.1. The second-order valence-corrected chi connectivity index (χ2v) is 4.07. The van der Waals surface area contributed by atoms with E-state index in [1.54, 1.807) is 0 Å². The van der Waals surface area contributed by atoms with Crippen LogP contribution in [-0.2, 0) is 4.57 Å². The van der Waals surface area contributed by atoms with Gasteiger partial charge in [0, 0.05) is 0 Å². The van der Waals surface area contributed by atoms with Crippen LogP contribution >= 0.6 is 7.60 Å². The molecule has 0 aliphatic heterocycles. The SMILES string of the molecule is COc1ccc(P(=O)(O)O)cc1N. The zero-order valence-electron chi connectivity index (χ0n) is 6.97. The molecule has 0 unspecified atom stereocenters. The van der Waals surface area contributed by atoms with Crippen LogP contribution in [0.25, 0.3) is 0 Å². The lowest BCUT2D eigenvalue weighted by molar-refractivity contribution is 0.387. The number of anilines is 1. The number of hydrogen-bond donors (Lipinski definition) is 3. The zero-order valence-corrected chi connectivity index (χ0v) is 7.86. The minimum Gasteiger partial charge on any atom is -0.495 e. The van der Waals surface area contributed by atoms with Gasteiger partial charge in [0.2, 0.25) is 0 Å². The molecular weight excluding hydrogens is 193 g/mol. The summed E-state index contributed by atoms with van der Waals surface area (Å²) in [5, 5.41) is -0.106. The molecule has 0 aromatic heterocycles. The molecule has 6 heteroatoms. The van der Waals surface area contributed by atoms with Crippen LogP contribution in [0.4, 0.5) is 5.69 Å². The van der Waals surface area contributed by atoms with Crippen molar-refractivity contribution in [1.29, 1.82) is 0 Å². The molecule has 0 heterocycles. The highest BCUT2D eigenvalue weighted by molar-refractivity contribution is 7.60. The lowest BCUT2D eigenvalue weighted by Gasteiger charge is -2.07. The van der Waals surface area contributed by atoms with E-state index < -0.39 is 7.60 Å². The van der Waals surface area contributed by atoms with Crippen molar-refractivity contribution >= 4 is 18.6 Å². The highest BCUT2D eigenvalue weighted by Gasteiger charge is 2.17. The van der Waals surface area contributed by atoms with E-state index in [2.05, 4.69) is 0 Å². The molecule has 72 valence electrons. The molecule has 0 bridgehead atoms. The van der Waals surface area contributed by atoms with Crippen LogP contribution in [0.1, 0.15) is 0 Å². The minimum atomic E-state index is -4.21. The maximum atomic E-state index is 10.8. The first-order valence-corrected chi connectivity index (χ1v) is 5.06. The van der Waals surface area contributed by atoms with Gasteiger partial charge in [-0.05, 0) is 18.2 Å². The van der Waals surface area contributed by atoms with Crippen molar-refractivity contribution in [3.63, 3.8) is 0 Å². The van der Waals surface area contributed by atoms with Crippen molar-refractivity contribution in [2.75, 3.05) is 12.8 Å². The number of nitrogen functional groups attached to an aromatic ring is 1. The highest BCUT2D eigenvalue weighted by atomic mass is 31.2. The van der Waals surface area contributed by atoms with Gasteiger partial charge in [-0.2, -0.15) is 0 Å². The monoisotopic (exact) mass is 203 g/mol. The number of hydrogen-bond acceptors (Lipinski definition) is 3. The molecular formula is C7H10NO4P. The van der Waals surface area contributed by atoms with E-state index in [0.717, 1.165) is 0 Å². The number of rotatable bonds is 2. The van der Waals surface area contributed by atoms with Crippen LogP contribution in [0.3, 0.4) is 0 Å². The quantitative estimate of drug-likeness (QED) is 0.467. The third-order valence-corrected chi connectivity index (χ3v) is 2.50. The fraction of sp³-hybridized carbons (Fsp3) is 0.143. The van der Waals surface area contributed by atoms with Gasteiger partial charge in [-0.1, -0.05) is 0 Å². The van der Waals surface area contributed by atoms with Gasteiger partial charge in [0.25, 0.3) is 0 Å². The van der Waals surface area contributed by atoms with E-state index in [-0.39, 0.29) is 11.0 Å². The van der Waals surface area contributed by atoms with Gasteiger partial charge < -0.3 is 20.3 Å². The number of ether oxygens (including phenoxy) is 1. The van der Waals surface area contributed by atoms with E-state index in [1.165, 1.54) is 25.3 Å². The molecule has 1 aromatic rings. The van der Waals surface area contributed by atoms with Gasteiger partial charge in [-0.3, -0.25) is 4.57 Å². The Morgan fingerprint density at radius 2 is 2.08 bits per heavy atom. The van der Waals surface area contributed by atoms with Gasteiger partial charge >= 0.3 is 7.60 Å². The van der Waals surface area contributed by atoms with Crippen LogP contribution in [0.15, 0.2) is 18.2 Å². The van der Waals surface area contributed by atoms with Crippen molar-refractivity contribution < 1.29 is 19.1 Å². The van der Waals surface area contributed by atoms with E-state index in [0.29, 0.717) is 5.75 Å². The third-order valence-electron chi connectivity index (χ3n) is 1.55. The molecule has 1 rings (SSSR count). The van der Waals surface area contributed by atoms with E-state index in [9.17, 15) is 4.57 Å². The Hall–Kier alpha value is -1.03. The van der Waals surface area contributed by atoms with Gasteiger partial charge in [0.1, 0.15) is 5.75 Å². The maximum Gasteiger partial charge on any atom is 0.356 e. The molecule has 5 nitrogen and oxygen atoms in total. The second-order valence-electron chi connectivity index (χ2n) is 2.47. The van der Waals surface area contributed by atoms with Crippen molar-refractivity contribution in [3.8, 4) is 5.75 Å². The normalized spacial score (nSPS) is 11.3. The number of benzene rings is 1. The molecule has 1 aromatic carbocycles. The third kappa shape index (κ3) is 2.21. The number of methoxy groups -OCH3 is 1. The number of nitrogens with two attached hydrogens (primary N) is 1. The van der Waals surface area contributed by atoms with Crippen LogP contribution in [0.2, 0.25) is 0 Å². The Morgan fingerprint density at radius 1 is 1.46 bits per heavy atom. The molecule has 0 aliphatic rings. The predicted octanol–water partition coefficient (Wildman–Crippen LogP) is 0.0804. The fourth-order valence-corrected chi connectivity index (χ4v) is 1.48. The second kappa shape index (κ2) is 3.38. The largest absolute Gasteiger partial charge is 0.495 e. The Kier molecular flexibility index (Phi) is 2.61. The molecule has 4 N–H and O–H groups in total. The lowest BCUT2D eigenvalue weighted by atomic mass is 10.3. The Bertz CT molecular complexity index is 360. The Balaban J connectivity index is 3.18. The highest BCUT2D eigenvalue weighted by Crippen LogP contribution is 2.35. The Morgan fingerprint density at radius 3 is 2.46 bits per heavy atom. The summed E-state index contributed by atoms with van der Waals surface area (Å²) in [5.41, 5.74) is 5.67. The molecule has 0 aliphatic carbocycles. The summed E-state index contributed by atoms with van der Waals surface area (Å²) in [6.07, 6.45) is 0. The topological polar surface area (TPSA) is 92.8 Å². The van der Waals surface area contributed by atoms with E-state index in [1.807, 2.05) is 0 Å². The standard InChI is InChI=1S/C7H10NO4P/c1-12-7-3-2-5(4-6(7)8)13(9,10)11/h2-4H,8H2,1H3,(H2,9,10,11). The van der Waals surface area contributed by atoms with Gasteiger partial charge in [0.05, 0.1) is 18.1 Å². The molecule has 0 saturated carbocycles. The van der Waals surface area contributed by atoms with Crippen LogP contribution in [-0.4, -0.2) is 16.9 Å². The summed E-state index contributed by atoms with van der Waals surface area (Å²) in [7, 11) is -2.78. The molecule has 0 spiro atoms. The smallest absolute Gasteiger partial charge is 0.356 e. The van der Waals surface area contributed by atoms with Crippen LogP contribution < -0.4 is 15.8 Å². The van der Waals surface area contributed by atoms with Gasteiger partial charge in [-0.15, -0.1) is 0 Å². The molecule has 0 atom stereocenters. The summed E-state index contributed by atoms with van der Waals surface area (Å²) in [6, 6.07) is 3.92. The fourth-order valence-electron chi connectivity index (χ4n) is 0.903. The van der Waals surface area contributed by atoms with Crippen LogP contribution in [0, 0.1) is 0 Å². The summed E-state index contributed by atoms with van der Waals surface area (Å²) in [6.45, 7) is 0. The van der Waals surface area contributed by atoms with E-state index in [4.69, 9.17) is 20.3 Å². The summed E-state index contributed by atoms with van der Waals surface area (Å²) >= 11 is 0. The van der Waals surface area contributed by atoms with Crippen molar-refractivity contribution in [2.24, 2.45) is 0 Å². The average Bonchev–Trinajstić information content (AvgIpc) is 2.02. The van der Waals surface area contributed by atoms with Crippen LogP contribution in [0.5, 0.6) is 5.75 Å². The molecule has 0 saturated heterocycles. The minimum absolute atomic E-state index is 0.106. The molecule has 0 fully saturated rings. The molecule has 13 heavy (non-hydrogen) atoms. The lowest BCUT2D eigenvalue weighted by Crippen LogP contribution is -2.05. The molecule has 0 amide bonds. The van der Waals surface area contributed by atoms with Crippen molar-refractivity contribution in [1.82, 2.24) is 0 Å². The van der Waals surface area contributed by atoms with Gasteiger partial charge in [0.15, 0.2) is 0 Å². The average molecular weight is 203 g/mol. The first-order valence-electron chi connectivity index (χ1n) is 3.45. The van der Waals surface area contributed by atoms with Crippen molar-refractivity contribution in [3.05, 3.63) is 18.2 Å². The van der Waals surface area contributed by atoms with Gasteiger partial charge in [-0.25, -0.2) is 0 Å².